The maximum atomic E-state index is 12.9. The topological polar surface area (TPSA) is 78.6 Å². The highest BCUT2D eigenvalue weighted by atomic mass is 16.3. The highest BCUT2D eigenvalue weighted by molar-refractivity contribution is 5.94. The van der Waals surface area contributed by atoms with Crippen molar-refractivity contribution in [2.45, 2.75) is 31.3 Å². The van der Waals surface area contributed by atoms with Gasteiger partial charge in [-0.25, -0.2) is 4.98 Å². The molecule has 0 saturated heterocycles. The molecule has 2 N–H and O–H groups in total. The van der Waals surface area contributed by atoms with E-state index in [0.29, 0.717) is 24.0 Å². The van der Waals surface area contributed by atoms with Crippen molar-refractivity contribution < 1.29 is 14.3 Å². The number of fused-ring (bicyclic) bond motifs is 1. The van der Waals surface area contributed by atoms with Crippen LogP contribution >= 0.6 is 0 Å². The van der Waals surface area contributed by atoms with Gasteiger partial charge in [0.1, 0.15) is 5.52 Å². The predicted molar refractivity (Wildman–Crippen MR) is 108 cm³/mol. The van der Waals surface area contributed by atoms with E-state index in [1.165, 1.54) is 0 Å². The zero-order valence-electron chi connectivity index (χ0n) is 16.0. The molecule has 0 radical (unpaired) electrons. The summed E-state index contributed by atoms with van der Waals surface area (Å²) in [5.74, 6) is 0.582. The minimum Gasteiger partial charge on any atom is -0.436 e. The molecule has 1 saturated carbocycles. The Morgan fingerprint density at radius 1 is 1.21 bits per heavy atom. The molecule has 0 spiro atoms. The molecule has 0 bridgehead atoms. The van der Waals surface area contributed by atoms with Crippen molar-refractivity contribution in [1.82, 2.24) is 15.2 Å². The Bertz CT molecular complexity index is 918. The number of hydrogen-bond acceptors (Lipinski definition) is 5. The van der Waals surface area contributed by atoms with Gasteiger partial charge in [0.25, 0.3) is 5.91 Å². The minimum atomic E-state index is 0.0249. The Balaban J connectivity index is 1.44. The molecule has 1 aromatic heterocycles. The summed E-state index contributed by atoms with van der Waals surface area (Å²) >= 11 is 0. The van der Waals surface area contributed by atoms with Crippen LogP contribution in [0.3, 0.4) is 0 Å². The molecular weight excluding hydrogens is 354 g/mol. The number of rotatable bonds is 6. The predicted octanol–water partition coefficient (Wildman–Crippen LogP) is 3.07. The molecule has 4 rings (SSSR count). The zero-order chi connectivity index (χ0) is 19.5. The van der Waals surface area contributed by atoms with Crippen LogP contribution < -0.4 is 5.32 Å². The molecule has 2 atom stereocenters. The number of nitrogens with one attached hydrogen (secondary N) is 1. The van der Waals surface area contributed by atoms with Crippen LogP contribution in [-0.4, -0.2) is 53.2 Å². The van der Waals surface area contributed by atoms with Crippen molar-refractivity contribution in [3.63, 3.8) is 0 Å². The molecule has 6 heteroatoms. The second kappa shape index (κ2) is 8.12. The Hall–Kier alpha value is -2.70. The maximum Gasteiger partial charge on any atom is 0.253 e. The number of carbonyl (C=O) groups excluding carboxylic acids is 1. The van der Waals surface area contributed by atoms with E-state index in [2.05, 4.69) is 10.3 Å². The molecule has 28 heavy (non-hydrogen) atoms. The second-order valence-electron chi connectivity index (χ2n) is 7.32. The first-order valence-electron chi connectivity index (χ1n) is 9.73. The van der Waals surface area contributed by atoms with E-state index in [1.807, 2.05) is 60.5 Å². The van der Waals surface area contributed by atoms with Crippen LogP contribution in [0.2, 0.25) is 0 Å². The Morgan fingerprint density at radius 3 is 2.75 bits per heavy atom. The highest BCUT2D eigenvalue weighted by Crippen LogP contribution is 2.26. The van der Waals surface area contributed by atoms with Crippen molar-refractivity contribution in [3.05, 3.63) is 54.1 Å². The number of aromatic nitrogens is 1. The quantitative estimate of drug-likeness (QED) is 0.688. The number of para-hydroxylation sites is 2. The summed E-state index contributed by atoms with van der Waals surface area (Å²) in [6, 6.07) is 15.7. The average Bonchev–Trinajstić information content (AvgIpc) is 3.38. The molecule has 6 nitrogen and oxygen atoms in total. The van der Waals surface area contributed by atoms with E-state index in [4.69, 9.17) is 9.52 Å². The molecule has 1 fully saturated rings. The average molecular weight is 379 g/mol. The lowest BCUT2D eigenvalue weighted by Crippen LogP contribution is -2.37. The maximum absolute atomic E-state index is 12.9. The van der Waals surface area contributed by atoms with Gasteiger partial charge in [-0.1, -0.05) is 12.1 Å². The number of carbonyl (C=O) groups is 1. The molecule has 2 unspecified atom stereocenters. The number of hydrogen-bond donors (Lipinski definition) is 2. The van der Waals surface area contributed by atoms with Gasteiger partial charge < -0.3 is 19.7 Å². The SMILES string of the molecule is CN(C(=O)c1ccc(-c2nc3ccccc3o2)cc1)C1CCC(NCCO)C1. The summed E-state index contributed by atoms with van der Waals surface area (Å²) in [6.07, 6.45) is 2.93. The normalized spacial score (nSPS) is 19.2. The Kier molecular flexibility index (Phi) is 5.41. The first-order valence-corrected chi connectivity index (χ1v) is 9.73. The summed E-state index contributed by atoms with van der Waals surface area (Å²) in [4.78, 5) is 19.2. The molecule has 1 aliphatic carbocycles. The van der Waals surface area contributed by atoms with Gasteiger partial charge in [-0.3, -0.25) is 4.79 Å². The highest BCUT2D eigenvalue weighted by Gasteiger charge is 2.29. The Labute approximate surface area is 164 Å². The van der Waals surface area contributed by atoms with Gasteiger partial charge >= 0.3 is 0 Å². The minimum absolute atomic E-state index is 0.0249. The van der Waals surface area contributed by atoms with Crippen LogP contribution in [0.1, 0.15) is 29.6 Å². The van der Waals surface area contributed by atoms with Gasteiger partial charge in [0.05, 0.1) is 6.61 Å². The Morgan fingerprint density at radius 2 is 2.00 bits per heavy atom. The third kappa shape index (κ3) is 3.79. The third-order valence-electron chi connectivity index (χ3n) is 5.49. The first kappa shape index (κ1) is 18.7. The lowest BCUT2D eigenvalue weighted by Gasteiger charge is -2.25. The smallest absolute Gasteiger partial charge is 0.253 e. The van der Waals surface area contributed by atoms with Crippen LogP contribution in [0.25, 0.3) is 22.6 Å². The largest absolute Gasteiger partial charge is 0.436 e. The molecule has 3 aromatic rings. The van der Waals surface area contributed by atoms with Crippen molar-refractivity contribution in [2.24, 2.45) is 0 Å². The van der Waals surface area contributed by atoms with Crippen LogP contribution in [0.15, 0.2) is 52.9 Å². The van der Waals surface area contributed by atoms with Crippen molar-refractivity contribution in [2.75, 3.05) is 20.2 Å². The lowest BCUT2D eigenvalue weighted by molar-refractivity contribution is 0.0733. The molecule has 1 aliphatic rings. The van der Waals surface area contributed by atoms with Gasteiger partial charge in [0, 0.05) is 36.8 Å². The van der Waals surface area contributed by atoms with Gasteiger partial charge in [-0.05, 0) is 55.7 Å². The number of nitrogens with zero attached hydrogens (tertiary/aromatic N) is 2. The van der Waals surface area contributed by atoms with Crippen molar-refractivity contribution in [3.8, 4) is 11.5 Å². The summed E-state index contributed by atoms with van der Waals surface area (Å²) in [5, 5.41) is 12.3. The summed E-state index contributed by atoms with van der Waals surface area (Å²) in [7, 11) is 1.87. The fraction of sp³-hybridized carbons (Fsp3) is 0.364. The number of amides is 1. The van der Waals surface area contributed by atoms with Crippen LogP contribution in [-0.2, 0) is 0 Å². The van der Waals surface area contributed by atoms with Crippen LogP contribution in [0.4, 0.5) is 0 Å². The summed E-state index contributed by atoms with van der Waals surface area (Å²) < 4.78 is 5.80. The molecule has 1 amide bonds. The van der Waals surface area contributed by atoms with Crippen molar-refractivity contribution >= 4 is 17.0 Å². The monoisotopic (exact) mass is 379 g/mol. The van der Waals surface area contributed by atoms with Gasteiger partial charge in [0.15, 0.2) is 5.58 Å². The number of aliphatic hydroxyl groups is 1. The van der Waals surface area contributed by atoms with Gasteiger partial charge in [-0.15, -0.1) is 0 Å². The zero-order valence-corrected chi connectivity index (χ0v) is 16.0. The fourth-order valence-corrected chi connectivity index (χ4v) is 3.88. The van der Waals surface area contributed by atoms with E-state index in [9.17, 15) is 4.79 Å². The summed E-state index contributed by atoms with van der Waals surface area (Å²) in [6.45, 7) is 0.745. The summed E-state index contributed by atoms with van der Waals surface area (Å²) in [5.41, 5.74) is 3.09. The molecular formula is C22H25N3O3. The third-order valence-corrected chi connectivity index (χ3v) is 5.49. The van der Waals surface area contributed by atoms with E-state index in [-0.39, 0.29) is 18.6 Å². The first-order chi connectivity index (χ1) is 13.7. The molecule has 2 aromatic carbocycles. The molecule has 0 aliphatic heterocycles. The number of oxazole rings is 1. The molecule has 1 heterocycles. The fourth-order valence-electron chi connectivity index (χ4n) is 3.88. The standard InChI is InChI=1S/C22H25N3O3/c1-25(18-11-10-17(14-18)23-12-13-26)22(27)16-8-6-15(7-9-16)21-24-19-4-2-3-5-20(19)28-21/h2-9,17-18,23,26H,10-14H2,1H3. The van der Waals surface area contributed by atoms with Gasteiger partial charge in [-0.2, -0.15) is 0 Å². The van der Waals surface area contributed by atoms with E-state index in [1.54, 1.807) is 0 Å². The van der Waals surface area contributed by atoms with Crippen LogP contribution in [0, 0.1) is 0 Å². The van der Waals surface area contributed by atoms with E-state index in [0.717, 1.165) is 35.9 Å². The van der Waals surface area contributed by atoms with Crippen molar-refractivity contribution in [1.29, 1.82) is 0 Å². The van der Waals surface area contributed by atoms with E-state index >= 15 is 0 Å². The lowest BCUT2D eigenvalue weighted by atomic mass is 10.1. The van der Waals surface area contributed by atoms with E-state index < -0.39 is 0 Å². The number of benzene rings is 2. The second-order valence-corrected chi connectivity index (χ2v) is 7.32. The van der Waals surface area contributed by atoms with Crippen LogP contribution in [0.5, 0.6) is 0 Å². The number of aliphatic hydroxyl groups excluding tert-OH is 1. The molecule has 146 valence electrons. The van der Waals surface area contributed by atoms with Gasteiger partial charge in [0.2, 0.25) is 5.89 Å².